The van der Waals surface area contributed by atoms with Crippen molar-refractivity contribution in [3.63, 3.8) is 0 Å². The molecule has 0 unspecified atom stereocenters. The highest BCUT2D eigenvalue weighted by Crippen LogP contribution is 2.24. The molecule has 6 nitrogen and oxygen atoms in total. The molecule has 0 heterocycles. The van der Waals surface area contributed by atoms with Crippen molar-refractivity contribution in [2.45, 2.75) is 19.4 Å². The van der Waals surface area contributed by atoms with Crippen LogP contribution in [-0.4, -0.2) is 40.1 Å². The zero-order valence-electron chi connectivity index (χ0n) is 15.6. The number of benzene rings is 2. The van der Waals surface area contributed by atoms with Crippen LogP contribution in [0.5, 0.6) is 11.5 Å². The van der Waals surface area contributed by atoms with E-state index in [0.717, 1.165) is 11.1 Å². The van der Waals surface area contributed by atoms with Crippen molar-refractivity contribution in [3.05, 3.63) is 59.7 Å². The standard InChI is InChI=1S/C20H25NO5S/c1-25-18-11-10-17(19(13-18)26-2)14-21-20(22)15-27(23,24)12-6-9-16-7-4-3-5-8-16/h3-5,7-8,10-11,13H,6,9,12,14-15H2,1-2H3,(H,21,22). The number of nitrogens with one attached hydrogen (secondary N) is 1. The van der Waals surface area contributed by atoms with E-state index in [9.17, 15) is 13.2 Å². The maximum Gasteiger partial charge on any atom is 0.235 e. The van der Waals surface area contributed by atoms with Crippen molar-refractivity contribution in [2.75, 3.05) is 25.7 Å². The molecule has 0 bridgehead atoms. The van der Waals surface area contributed by atoms with Crippen LogP contribution in [0.3, 0.4) is 0 Å². The molecule has 0 aromatic heterocycles. The fourth-order valence-corrected chi connectivity index (χ4v) is 3.89. The fraction of sp³-hybridized carbons (Fsp3) is 0.350. The number of aryl methyl sites for hydroxylation is 1. The molecule has 0 radical (unpaired) electrons. The Morgan fingerprint density at radius 1 is 1.04 bits per heavy atom. The SMILES string of the molecule is COc1ccc(CNC(=O)CS(=O)(=O)CCCc2ccccc2)c(OC)c1. The van der Waals surface area contributed by atoms with Gasteiger partial charge in [-0.15, -0.1) is 0 Å². The van der Waals surface area contributed by atoms with E-state index < -0.39 is 21.5 Å². The average Bonchev–Trinajstić information content (AvgIpc) is 2.66. The molecule has 1 N–H and O–H groups in total. The van der Waals surface area contributed by atoms with E-state index in [2.05, 4.69) is 5.32 Å². The number of hydrogen-bond donors (Lipinski definition) is 1. The first kappa shape index (κ1) is 20.8. The van der Waals surface area contributed by atoms with Gasteiger partial charge in [-0.3, -0.25) is 4.79 Å². The van der Waals surface area contributed by atoms with Gasteiger partial charge in [0, 0.05) is 18.2 Å². The van der Waals surface area contributed by atoms with Gasteiger partial charge >= 0.3 is 0 Å². The largest absolute Gasteiger partial charge is 0.497 e. The molecule has 0 saturated heterocycles. The third-order valence-corrected chi connectivity index (χ3v) is 5.70. The summed E-state index contributed by atoms with van der Waals surface area (Å²) >= 11 is 0. The van der Waals surface area contributed by atoms with Crippen LogP contribution < -0.4 is 14.8 Å². The first-order valence-electron chi connectivity index (χ1n) is 8.65. The summed E-state index contributed by atoms with van der Waals surface area (Å²) < 4.78 is 34.7. The van der Waals surface area contributed by atoms with Gasteiger partial charge in [0.25, 0.3) is 0 Å². The van der Waals surface area contributed by atoms with E-state index in [-0.39, 0.29) is 12.3 Å². The van der Waals surface area contributed by atoms with Crippen molar-refractivity contribution in [1.29, 1.82) is 0 Å². The summed E-state index contributed by atoms with van der Waals surface area (Å²) in [7, 11) is -0.365. The highest BCUT2D eigenvalue weighted by atomic mass is 32.2. The van der Waals surface area contributed by atoms with E-state index in [1.165, 1.54) is 7.11 Å². The summed E-state index contributed by atoms with van der Waals surface area (Å²) in [4.78, 5) is 12.0. The normalized spacial score (nSPS) is 11.0. The fourth-order valence-electron chi connectivity index (χ4n) is 2.66. The van der Waals surface area contributed by atoms with Crippen LogP contribution in [0.15, 0.2) is 48.5 Å². The van der Waals surface area contributed by atoms with Crippen molar-refractivity contribution in [1.82, 2.24) is 5.32 Å². The molecule has 146 valence electrons. The molecule has 2 aromatic rings. The molecule has 0 atom stereocenters. The van der Waals surface area contributed by atoms with Gasteiger partial charge in [0.05, 0.1) is 20.0 Å². The quantitative estimate of drug-likeness (QED) is 0.672. The molecule has 0 aliphatic rings. The molecule has 1 amide bonds. The van der Waals surface area contributed by atoms with Crippen molar-refractivity contribution >= 4 is 15.7 Å². The van der Waals surface area contributed by atoms with E-state index in [1.54, 1.807) is 25.3 Å². The predicted octanol–water partition coefficient (Wildman–Crippen LogP) is 2.37. The Labute approximate surface area is 160 Å². The van der Waals surface area contributed by atoms with Crippen molar-refractivity contribution in [2.24, 2.45) is 0 Å². The number of sulfone groups is 1. The third kappa shape index (κ3) is 6.94. The minimum atomic E-state index is -3.44. The van der Waals surface area contributed by atoms with Crippen LogP contribution in [0.1, 0.15) is 17.5 Å². The van der Waals surface area contributed by atoms with E-state index >= 15 is 0 Å². The highest BCUT2D eigenvalue weighted by Gasteiger charge is 2.17. The lowest BCUT2D eigenvalue weighted by Crippen LogP contribution is -2.31. The Bertz CT molecular complexity index is 850. The van der Waals surface area contributed by atoms with Crippen LogP contribution in [0, 0.1) is 0 Å². The van der Waals surface area contributed by atoms with Gasteiger partial charge in [0.1, 0.15) is 17.3 Å². The van der Waals surface area contributed by atoms with Crippen LogP contribution in [0.4, 0.5) is 0 Å². The Hall–Kier alpha value is -2.54. The average molecular weight is 391 g/mol. The molecule has 7 heteroatoms. The first-order valence-corrected chi connectivity index (χ1v) is 10.5. The Morgan fingerprint density at radius 2 is 1.78 bits per heavy atom. The van der Waals surface area contributed by atoms with Gasteiger partial charge in [0.15, 0.2) is 9.84 Å². The molecule has 2 rings (SSSR count). The molecule has 0 aliphatic carbocycles. The second-order valence-electron chi connectivity index (χ2n) is 6.14. The zero-order chi connectivity index (χ0) is 19.7. The highest BCUT2D eigenvalue weighted by molar-refractivity contribution is 7.92. The summed E-state index contributed by atoms with van der Waals surface area (Å²) in [6.45, 7) is 0.186. The minimum Gasteiger partial charge on any atom is -0.497 e. The molecule has 27 heavy (non-hydrogen) atoms. The zero-order valence-corrected chi connectivity index (χ0v) is 16.4. The molecule has 2 aromatic carbocycles. The van der Waals surface area contributed by atoms with Gasteiger partial charge in [-0.2, -0.15) is 0 Å². The van der Waals surface area contributed by atoms with Gasteiger partial charge in [0.2, 0.25) is 5.91 Å². The topological polar surface area (TPSA) is 81.7 Å². The van der Waals surface area contributed by atoms with Crippen molar-refractivity contribution in [3.8, 4) is 11.5 Å². The molecule has 0 saturated carbocycles. The second-order valence-corrected chi connectivity index (χ2v) is 8.32. The predicted molar refractivity (Wildman–Crippen MR) is 105 cm³/mol. The monoisotopic (exact) mass is 391 g/mol. The maximum atomic E-state index is 12.1. The lowest BCUT2D eigenvalue weighted by molar-refractivity contribution is -0.118. The molecular formula is C20H25NO5S. The van der Waals surface area contributed by atoms with Crippen LogP contribution in [-0.2, 0) is 27.6 Å². The van der Waals surface area contributed by atoms with Gasteiger partial charge in [-0.1, -0.05) is 30.3 Å². The Morgan fingerprint density at radius 3 is 2.44 bits per heavy atom. The Kier molecular flexibility index (Phi) is 7.67. The smallest absolute Gasteiger partial charge is 0.235 e. The molecule has 0 fully saturated rings. The number of methoxy groups -OCH3 is 2. The summed E-state index contributed by atoms with van der Waals surface area (Å²) in [6.07, 6.45) is 1.16. The summed E-state index contributed by atoms with van der Waals surface area (Å²) in [5.74, 6) is 0.164. The lowest BCUT2D eigenvalue weighted by atomic mass is 10.1. The molecule has 0 aliphatic heterocycles. The summed E-state index contributed by atoms with van der Waals surface area (Å²) in [5.41, 5.74) is 1.83. The summed E-state index contributed by atoms with van der Waals surface area (Å²) in [5, 5.41) is 2.64. The first-order chi connectivity index (χ1) is 12.9. The van der Waals surface area contributed by atoms with Crippen LogP contribution >= 0.6 is 0 Å². The van der Waals surface area contributed by atoms with Gasteiger partial charge in [-0.25, -0.2) is 8.42 Å². The number of ether oxygens (including phenoxy) is 2. The third-order valence-electron chi connectivity index (χ3n) is 4.08. The van der Waals surface area contributed by atoms with E-state index in [0.29, 0.717) is 24.3 Å². The van der Waals surface area contributed by atoms with Crippen molar-refractivity contribution < 1.29 is 22.7 Å². The lowest BCUT2D eigenvalue weighted by Gasteiger charge is -2.11. The number of carbonyl (C=O) groups excluding carboxylic acids is 1. The van der Waals surface area contributed by atoms with Crippen LogP contribution in [0.2, 0.25) is 0 Å². The molecular weight excluding hydrogens is 366 g/mol. The van der Waals surface area contributed by atoms with E-state index in [1.807, 2.05) is 30.3 Å². The second kappa shape index (κ2) is 9.97. The van der Waals surface area contributed by atoms with Gasteiger partial charge in [-0.05, 0) is 30.5 Å². The van der Waals surface area contributed by atoms with E-state index in [4.69, 9.17) is 9.47 Å². The number of rotatable bonds is 10. The minimum absolute atomic E-state index is 0.0127. The van der Waals surface area contributed by atoms with Crippen LogP contribution in [0.25, 0.3) is 0 Å². The number of carbonyl (C=O) groups is 1. The molecule has 0 spiro atoms. The number of amides is 1. The van der Waals surface area contributed by atoms with Gasteiger partial charge < -0.3 is 14.8 Å². The maximum absolute atomic E-state index is 12.1. The number of hydrogen-bond acceptors (Lipinski definition) is 5. The Balaban J connectivity index is 1.82. The summed E-state index contributed by atoms with van der Waals surface area (Å²) in [6, 6.07) is 14.9.